The Labute approximate surface area is 210 Å². The number of anilines is 1. The second kappa shape index (κ2) is 11.9. The number of carbonyl (C=O) groups is 1. The van der Waals surface area contributed by atoms with Gasteiger partial charge in [0.15, 0.2) is 11.5 Å². The second-order valence-electron chi connectivity index (χ2n) is 8.07. The Bertz CT molecular complexity index is 1310. The first-order valence-corrected chi connectivity index (χ1v) is 12.5. The molecule has 3 aromatic carbocycles. The van der Waals surface area contributed by atoms with Gasteiger partial charge >= 0.3 is 16.1 Å². The lowest BCUT2D eigenvalue weighted by Crippen LogP contribution is -2.37. The maximum Gasteiger partial charge on any atom is 0.339 e. The van der Waals surface area contributed by atoms with Crippen LogP contribution >= 0.6 is 0 Å². The van der Waals surface area contributed by atoms with E-state index in [1.807, 2.05) is 32.0 Å². The fraction of sp³-hybridized carbons (Fsp3) is 0.269. The van der Waals surface area contributed by atoms with Crippen LogP contribution in [-0.4, -0.2) is 46.7 Å². The highest BCUT2D eigenvalue weighted by Crippen LogP contribution is 2.31. The monoisotopic (exact) mass is 516 g/mol. The molecule has 0 saturated carbocycles. The van der Waals surface area contributed by atoms with Crippen LogP contribution in [0.5, 0.6) is 11.5 Å². The summed E-state index contributed by atoms with van der Waals surface area (Å²) in [5, 5.41) is 2.93. The molecule has 0 radical (unpaired) electrons. The highest BCUT2D eigenvalue weighted by molar-refractivity contribution is 7.87. The summed E-state index contributed by atoms with van der Waals surface area (Å²) in [6.45, 7) is 4.64. The summed E-state index contributed by atoms with van der Waals surface area (Å²) in [4.78, 5) is 14.5. The van der Waals surface area contributed by atoms with Gasteiger partial charge in [0.2, 0.25) is 0 Å². The van der Waals surface area contributed by atoms with E-state index in [-0.39, 0.29) is 29.0 Å². The van der Waals surface area contributed by atoms with Gasteiger partial charge < -0.3 is 23.9 Å². The molecule has 0 atom stereocenters. The fourth-order valence-corrected chi connectivity index (χ4v) is 4.34. The lowest BCUT2D eigenvalue weighted by atomic mass is 10.1. The lowest BCUT2D eigenvalue weighted by molar-refractivity contribution is 0.153. The number of hydrogen-bond acceptors (Lipinski definition) is 6. The van der Waals surface area contributed by atoms with E-state index in [2.05, 4.69) is 5.32 Å². The molecule has 36 heavy (non-hydrogen) atoms. The number of methoxy groups -OCH3 is 2. The van der Waals surface area contributed by atoms with Crippen LogP contribution in [0.3, 0.4) is 0 Å². The Kier molecular flexibility index (Phi) is 8.89. The number of ether oxygens (including phenoxy) is 2. The van der Waals surface area contributed by atoms with Crippen molar-refractivity contribution in [1.29, 1.82) is 0 Å². The molecule has 0 unspecified atom stereocenters. The topological polar surface area (TPSA) is 94.2 Å². The van der Waals surface area contributed by atoms with E-state index in [0.29, 0.717) is 24.4 Å². The molecule has 0 bridgehead atoms. The molecule has 0 aliphatic heterocycles. The number of benzene rings is 3. The number of nitrogens with one attached hydrogen (secondary N) is 1. The predicted molar refractivity (Wildman–Crippen MR) is 134 cm³/mol. The average Bonchev–Trinajstić information content (AvgIpc) is 2.84. The highest BCUT2D eigenvalue weighted by Gasteiger charge is 2.21. The van der Waals surface area contributed by atoms with Crippen molar-refractivity contribution >= 4 is 21.8 Å². The lowest BCUT2D eigenvalue weighted by Gasteiger charge is -2.24. The first-order chi connectivity index (χ1) is 17.1. The number of amides is 2. The Hall–Kier alpha value is -3.63. The smallest absolute Gasteiger partial charge is 0.339 e. The third kappa shape index (κ3) is 6.73. The first-order valence-electron chi connectivity index (χ1n) is 11.1. The molecule has 0 fully saturated rings. The molecule has 0 heterocycles. The fourth-order valence-electron chi connectivity index (χ4n) is 3.41. The van der Waals surface area contributed by atoms with Crippen LogP contribution in [0.15, 0.2) is 65.6 Å². The summed E-state index contributed by atoms with van der Waals surface area (Å²) >= 11 is 0. The van der Waals surface area contributed by atoms with Crippen LogP contribution in [0.2, 0.25) is 0 Å². The average molecular weight is 517 g/mol. The van der Waals surface area contributed by atoms with Gasteiger partial charge in [0.1, 0.15) is 10.7 Å². The van der Waals surface area contributed by atoms with Crippen LogP contribution in [0.4, 0.5) is 14.9 Å². The molecule has 0 spiro atoms. The summed E-state index contributed by atoms with van der Waals surface area (Å²) in [6, 6.07) is 14.4. The van der Waals surface area contributed by atoms with Crippen LogP contribution in [0, 0.1) is 19.7 Å². The number of hydrogen-bond donors (Lipinski definition) is 1. The molecular formula is C26H29FN2O6S. The van der Waals surface area contributed by atoms with Gasteiger partial charge in [-0.25, -0.2) is 9.18 Å². The van der Waals surface area contributed by atoms with Crippen molar-refractivity contribution in [2.45, 2.75) is 25.3 Å². The number of carbonyl (C=O) groups excluding carboxylic acids is 1. The number of halogens is 1. The largest absolute Gasteiger partial charge is 0.493 e. The van der Waals surface area contributed by atoms with Crippen LogP contribution < -0.4 is 14.2 Å². The predicted octanol–water partition coefficient (Wildman–Crippen LogP) is 4.90. The molecule has 3 aromatic rings. The van der Waals surface area contributed by atoms with E-state index >= 15 is 0 Å². The number of aryl methyl sites for hydroxylation is 1. The van der Waals surface area contributed by atoms with Crippen molar-refractivity contribution in [3.63, 3.8) is 0 Å². The van der Waals surface area contributed by atoms with E-state index in [0.717, 1.165) is 35.4 Å². The van der Waals surface area contributed by atoms with Crippen molar-refractivity contribution < 1.29 is 31.3 Å². The van der Waals surface area contributed by atoms with Crippen molar-refractivity contribution in [3.8, 4) is 11.5 Å². The van der Waals surface area contributed by atoms with Gasteiger partial charge in [0, 0.05) is 25.9 Å². The SMILES string of the molecule is COCCN(Cc1ccc(OC)c(OS(=O)(=O)c2ccc(F)cc2)c1)C(=O)Nc1cccc(C)c1C. The van der Waals surface area contributed by atoms with Gasteiger partial charge in [0.25, 0.3) is 0 Å². The Morgan fingerprint density at radius 1 is 1.00 bits per heavy atom. The van der Waals surface area contributed by atoms with E-state index < -0.39 is 15.9 Å². The molecule has 0 saturated heterocycles. The summed E-state index contributed by atoms with van der Waals surface area (Å²) in [5.74, 6) is -0.433. The van der Waals surface area contributed by atoms with Crippen molar-refractivity contribution in [3.05, 3.63) is 83.2 Å². The minimum absolute atomic E-state index is 0.0547. The molecule has 192 valence electrons. The zero-order valence-electron chi connectivity index (χ0n) is 20.6. The molecule has 1 N–H and O–H groups in total. The maximum absolute atomic E-state index is 13.2. The molecule has 0 aliphatic carbocycles. The van der Waals surface area contributed by atoms with Gasteiger partial charge in [-0.1, -0.05) is 18.2 Å². The number of rotatable bonds is 10. The first kappa shape index (κ1) is 27.0. The zero-order valence-corrected chi connectivity index (χ0v) is 21.4. The molecule has 8 nitrogen and oxygen atoms in total. The van der Waals surface area contributed by atoms with E-state index in [1.165, 1.54) is 13.2 Å². The Morgan fingerprint density at radius 2 is 1.72 bits per heavy atom. The van der Waals surface area contributed by atoms with Gasteiger partial charge in [-0.2, -0.15) is 8.42 Å². The summed E-state index contributed by atoms with van der Waals surface area (Å²) < 4.78 is 54.4. The highest BCUT2D eigenvalue weighted by atomic mass is 32.2. The molecule has 0 aliphatic rings. The van der Waals surface area contributed by atoms with E-state index in [4.69, 9.17) is 13.7 Å². The molecule has 10 heteroatoms. The summed E-state index contributed by atoms with van der Waals surface area (Å²) in [5.41, 5.74) is 3.32. The Morgan fingerprint density at radius 3 is 2.39 bits per heavy atom. The van der Waals surface area contributed by atoms with E-state index in [9.17, 15) is 17.6 Å². The number of nitrogens with zero attached hydrogens (tertiary/aromatic N) is 1. The third-order valence-corrected chi connectivity index (χ3v) is 6.85. The summed E-state index contributed by atoms with van der Waals surface area (Å²) in [7, 11) is -1.32. The van der Waals surface area contributed by atoms with E-state index in [1.54, 1.807) is 24.1 Å². The minimum Gasteiger partial charge on any atom is -0.493 e. The zero-order chi connectivity index (χ0) is 26.3. The van der Waals surface area contributed by atoms with Gasteiger partial charge in [-0.15, -0.1) is 0 Å². The second-order valence-corrected chi connectivity index (χ2v) is 9.61. The normalized spacial score (nSPS) is 11.1. The van der Waals surface area contributed by atoms with Crippen molar-refractivity contribution in [2.75, 3.05) is 32.7 Å². The van der Waals surface area contributed by atoms with Gasteiger partial charge in [-0.3, -0.25) is 0 Å². The van der Waals surface area contributed by atoms with Crippen molar-refractivity contribution in [1.82, 2.24) is 4.90 Å². The minimum atomic E-state index is -4.25. The standard InChI is InChI=1S/C26H29FN2O6S/c1-18-6-5-7-23(19(18)2)28-26(30)29(14-15-33-3)17-20-8-13-24(34-4)25(16-20)35-36(31,32)22-11-9-21(27)10-12-22/h5-13,16H,14-15,17H2,1-4H3,(H,28,30). The number of urea groups is 1. The third-order valence-electron chi connectivity index (χ3n) is 5.60. The Balaban J connectivity index is 1.85. The summed E-state index contributed by atoms with van der Waals surface area (Å²) in [6.07, 6.45) is 0. The molecular weight excluding hydrogens is 487 g/mol. The molecule has 3 rings (SSSR count). The quantitative estimate of drug-likeness (QED) is 0.385. The van der Waals surface area contributed by atoms with Gasteiger partial charge in [0.05, 0.1) is 13.7 Å². The van der Waals surface area contributed by atoms with Crippen LogP contribution in [-0.2, 0) is 21.4 Å². The van der Waals surface area contributed by atoms with Crippen LogP contribution in [0.25, 0.3) is 0 Å². The van der Waals surface area contributed by atoms with Crippen molar-refractivity contribution in [2.24, 2.45) is 0 Å². The molecule has 0 aromatic heterocycles. The van der Waals surface area contributed by atoms with Gasteiger partial charge in [-0.05, 0) is 73.0 Å². The molecule has 2 amide bonds. The maximum atomic E-state index is 13.2. The van der Waals surface area contributed by atoms with Crippen LogP contribution in [0.1, 0.15) is 16.7 Å².